The molecule has 0 aliphatic carbocycles. The van der Waals surface area contributed by atoms with Gasteiger partial charge in [0.05, 0.1) is 36.5 Å². The van der Waals surface area contributed by atoms with Gasteiger partial charge in [0, 0.05) is 25.5 Å². The topological polar surface area (TPSA) is 60.9 Å². The summed E-state index contributed by atoms with van der Waals surface area (Å²) in [4.78, 5) is 18.0. The van der Waals surface area contributed by atoms with Crippen LogP contribution in [-0.2, 0) is 25.6 Å². The van der Waals surface area contributed by atoms with Crippen LogP contribution in [0.15, 0.2) is 5.38 Å². The van der Waals surface area contributed by atoms with Gasteiger partial charge >= 0.3 is 0 Å². The number of hydrogen-bond acceptors (Lipinski definition) is 6. The second kappa shape index (κ2) is 6.62. The molecule has 0 saturated carbocycles. The molecule has 1 atom stereocenters. The van der Waals surface area contributed by atoms with Gasteiger partial charge < -0.3 is 19.1 Å². The minimum absolute atomic E-state index is 0.0257. The summed E-state index contributed by atoms with van der Waals surface area (Å²) in [5.74, 6) is 0.0257. The molecule has 0 aromatic carbocycles. The minimum atomic E-state index is -0.218. The molecule has 0 radical (unpaired) electrons. The number of carbonyl (C=O) groups excluding carboxylic acids is 1. The SMILES string of the molecule is COCC(=O)N1CC2(C[C@@H](OCc3csc(C)n3)CCO2)C1. The monoisotopic (exact) mass is 326 g/mol. The number of aryl methyl sites for hydroxylation is 1. The van der Waals surface area contributed by atoms with Crippen LogP contribution in [0.2, 0.25) is 0 Å². The zero-order valence-electron chi connectivity index (χ0n) is 13.0. The standard InChI is InChI=1S/C15H22N2O4S/c1-11-16-12(8-22-11)6-20-13-3-4-21-15(5-13)9-17(10-15)14(18)7-19-2/h8,13H,3-7,9-10H2,1-2H3/t13-/m0/s1. The Morgan fingerprint density at radius 1 is 1.59 bits per heavy atom. The average molecular weight is 326 g/mol. The van der Waals surface area contributed by atoms with E-state index in [0.29, 0.717) is 26.3 Å². The Kier molecular flexibility index (Phi) is 4.77. The molecule has 0 unspecified atom stereocenters. The summed E-state index contributed by atoms with van der Waals surface area (Å²) in [7, 11) is 1.54. The Labute approximate surface area is 134 Å². The predicted molar refractivity (Wildman–Crippen MR) is 81.8 cm³/mol. The van der Waals surface area contributed by atoms with Gasteiger partial charge in [0.25, 0.3) is 0 Å². The molecule has 7 heteroatoms. The van der Waals surface area contributed by atoms with Crippen molar-refractivity contribution in [1.82, 2.24) is 9.88 Å². The fourth-order valence-electron chi connectivity index (χ4n) is 3.06. The summed E-state index contributed by atoms with van der Waals surface area (Å²) in [6.45, 7) is 4.66. The zero-order chi connectivity index (χ0) is 15.6. The van der Waals surface area contributed by atoms with Crippen LogP contribution < -0.4 is 0 Å². The van der Waals surface area contributed by atoms with Gasteiger partial charge in [0.1, 0.15) is 12.2 Å². The van der Waals surface area contributed by atoms with Crippen molar-refractivity contribution in [2.24, 2.45) is 0 Å². The van der Waals surface area contributed by atoms with E-state index in [0.717, 1.165) is 23.5 Å². The number of carbonyl (C=O) groups is 1. The molecule has 2 aliphatic rings. The van der Waals surface area contributed by atoms with Crippen molar-refractivity contribution in [3.05, 3.63) is 16.1 Å². The summed E-state index contributed by atoms with van der Waals surface area (Å²) >= 11 is 1.64. The van der Waals surface area contributed by atoms with Gasteiger partial charge in [-0.3, -0.25) is 4.79 Å². The molecule has 2 fully saturated rings. The van der Waals surface area contributed by atoms with Gasteiger partial charge in [-0.1, -0.05) is 0 Å². The first-order chi connectivity index (χ1) is 10.6. The molecule has 22 heavy (non-hydrogen) atoms. The molecule has 2 aliphatic heterocycles. The van der Waals surface area contributed by atoms with E-state index in [2.05, 4.69) is 4.98 Å². The van der Waals surface area contributed by atoms with Crippen molar-refractivity contribution in [2.75, 3.05) is 33.4 Å². The smallest absolute Gasteiger partial charge is 0.248 e. The second-order valence-corrected chi connectivity index (χ2v) is 7.06. The summed E-state index contributed by atoms with van der Waals surface area (Å²) in [6, 6.07) is 0. The molecule has 3 heterocycles. The van der Waals surface area contributed by atoms with Crippen LogP contribution in [0.1, 0.15) is 23.5 Å². The maximum Gasteiger partial charge on any atom is 0.248 e. The van der Waals surface area contributed by atoms with Crippen molar-refractivity contribution in [3.63, 3.8) is 0 Å². The molecular formula is C15H22N2O4S. The Balaban J connectivity index is 1.47. The van der Waals surface area contributed by atoms with Gasteiger partial charge in [-0.05, 0) is 13.3 Å². The quantitative estimate of drug-likeness (QED) is 0.818. The second-order valence-electron chi connectivity index (χ2n) is 6.00. The predicted octanol–water partition coefficient (Wildman–Crippen LogP) is 1.37. The molecule has 0 bridgehead atoms. The van der Waals surface area contributed by atoms with Gasteiger partial charge in [-0.15, -0.1) is 11.3 Å². The Morgan fingerprint density at radius 2 is 2.41 bits per heavy atom. The summed E-state index contributed by atoms with van der Waals surface area (Å²) in [5.41, 5.74) is 0.776. The highest BCUT2D eigenvalue weighted by Gasteiger charge is 2.49. The fraction of sp³-hybridized carbons (Fsp3) is 0.733. The van der Waals surface area contributed by atoms with Crippen LogP contribution >= 0.6 is 11.3 Å². The fourth-order valence-corrected chi connectivity index (χ4v) is 3.66. The number of thiazole rings is 1. The van der Waals surface area contributed by atoms with Crippen molar-refractivity contribution in [2.45, 2.75) is 38.1 Å². The lowest BCUT2D eigenvalue weighted by atomic mass is 9.84. The van der Waals surface area contributed by atoms with Gasteiger partial charge in [-0.2, -0.15) is 0 Å². The van der Waals surface area contributed by atoms with E-state index in [1.54, 1.807) is 16.2 Å². The normalized spacial score (nSPS) is 23.5. The lowest BCUT2D eigenvalue weighted by Gasteiger charge is -2.52. The maximum absolute atomic E-state index is 11.8. The Morgan fingerprint density at radius 3 is 3.09 bits per heavy atom. The van der Waals surface area contributed by atoms with Crippen LogP contribution in [0.25, 0.3) is 0 Å². The van der Waals surface area contributed by atoms with Gasteiger partial charge in [0.15, 0.2) is 0 Å². The van der Waals surface area contributed by atoms with E-state index in [1.165, 1.54) is 7.11 Å². The molecule has 6 nitrogen and oxygen atoms in total. The highest BCUT2D eigenvalue weighted by molar-refractivity contribution is 7.09. The molecule has 2 saturated heterocycles. The van der Waals surface area contributed by atoms with E-state index in [-0.39, 0.29) is 24.2 Å². The number of hydrogen-bond donors (Lipinski definition) is 0. The Bertz CT molecular complexity index is 527. The summed E-state index contributed by atoms with van der Waals surface area (Å²) < 4.78 is 16.8. The highest BCUT2D eigenvalue weighted by atomic mass is 32.1. The number of rotatable bonds is 5. The van der Waals surface area contributed by atoms with Gasteiger partial charge in [0.2, 0.25) is 5.91 Å². The first kappa shape index (κ1) is 15.9. The Hall–Kier alpha value is -1.02. The van der Waals surface area contributed by atoms with Crippen LogP contribution in [0.3, 0.4) is 0 Å². The van der Waals surface area contributed by atoms with E-state index in [4.69, 9.17) is 14.2 Å². The molecule has 1 spiro atoms. The van der Waals surface area contributed by atoms with Gasteiger partial charge in [-0.25, -0.2) is 4.98 Å². The largest absolute Gasteiger partial charge is 0.375 e. The van der Waals surface area contributed by atoms with Crippen molar-refractivity contribution >= 4 is 17.2 Å². The molecule has 3 rings (SSSR count). The third kappa shape index (κ3) is 3.48. The number of nitrogens with zero attached hydrogens (tertiary/aromatic N) is 2. The lowest BCUT2D eigenvalue weighted by Crippen LogP contribution is -2.67. The minimum Gasteiger partial charge on any atom is -0.375 e. The molecular weight excluding hydrogens is 304 g/mol. The zero-order valence-corrected chi connectivity index (χ0v) is 13.9. The van der Waals surface area contributed by atoms with E-state index < -0.39 is 0 Å². The lowest BCUT2D eigenvalue weighted by molar-refractivity contribution is -0.204. The van der Waals surface area contributed by atoms with Crippen LogP contribution in [0.4, 0.5) is 0 Å². The van der Waals surface area contributed by atoms with E-state index in [1.807, 2.05) is 12.3 Å². The third-order valence-electron chi connectivity index (χ3n) is 4.16. The van der Waals surface area contributed by atoms with Crippen molar-refractivity contribution < 1.29 is 19.0 Å². The number of methoxy groups -OCH3 is 1. The summed E-state index contributed by atoms with van der Waals surface area (Å²) in [6.07, 6.45) is 1.92. The third-order valence-corrected chi connectivity index (χ3v) is 4.98. The molecule has 122 valence electrons. The number of aromatic nitrogens is 1. The molecule has 1 aromatic rings. The van der Waals surface area contributed by atoms with Crippen molar-refractivity contribution in [3.8, 4) is 0 Å². The first-order valence-electron chi connectivity index (χ1n) is 7.53. The molecule has 1 aromatic heterocycles. The molecule has 0 N–H and O–H groups in total. The highest BCUT2D eigenvalue weighted by Crippen LogP contribution is 2.35. The van der Waals surface area contributed by atoms with Crippen LogP contribution in [0, 0.1) is 6.92 Å². The average Bonchev–Trinajstić information content (AvgIpc) is 2.89. The van der Waals surface area contributed by atoms with Crippen LogP contribution in [-0.4, -0.2) is 60.9 Å². The molecule has 1 amide bonds. The first-order valence-corrected chi connectivity index (χ1v) is 8.41. The van der Waals surface area contributed by atoms with E-state index in [9.17, 15) is 4.79 Å². The van der Waals surface area contributed by atoms with Crippen molar-refractivity contribution in [1.29, 1.82) is 0 Å². The number of amides is 1. The van der Waals surface area contributed by atoms with E-state index >= 15 is 0 Å². The van der Waals surface area contributed by atoms with Crippen LogP contribution in [0.5, 0.6) is 0 Å². The number of ether oxygens (including phenoxy) is 3. The number of likely N-dealkylation sites (tertiary alicyclic amines) is 1. The maximum atomic E-state index is 11.8. The summed E-state index contributed by atoms with van der Waals surface area (Å²) in [5, 5.41) is 3.10.